The summed E-state index contributed by atoms with van der Waals surface area (Å²) in [6.07, 6.45) is 0.184. The molecule has 0 aliphatic carbocycles. The van der Waals surface area contributed by atoms with Gasteiger partial charge in [-0.1, -0.05) is 60.7 Å². The van der Waals surface area contributed by atoms with Crippen LogP contribution < -0.4 is 10.6 Å². The molecule has 96 valence electrons. The maximum atomic E-state index is 11.0. The maximum Gasteiger partial charge on any atom is 0.308 e. The van der Waals surface area contributed by atoms with E-state index in [0.717, 1.165) is 10.6 Å². The number of hydrogen-bond acceptors (Lipinski definition) is 1. The van der Waals surface area contributed by atoms with Gasteiger partial charge in [0.2, 0.25) is 0 Å². The van der Waals surface area contributed by atoms with Gasteiger partial charge in [-0.25, -0.2) is 0 Å². The Kier molecular flexibility index (Phi) is 6.23. The summed E-state index contributed by atoms with van der Waals surface area (Å²) >= 11 is 0. The van der Waals surface area contributed by atoms with Gasteiger partial charge in [-0.05, 0) is 18.5 Å². The third-order valence-corrected chi connectivity index (χ3v) is 4.86. The number of benzene rings is 2. The fourth-order valence-electron chi connectivity index (χ4n) is 1.68. The molecule has 4 heteroatoms. The molecule has 0 saturated carbocycles. The van der Waals surface area contributed by atoms with E-state index >= 15 is 0 Å². The van der Waals surface area contributed by atoms with Crippen molar-refractivity contribution in [1.82, 2.24) is 0 Å². The van der Waals surface area contributed by atoms with Gasteiger partial charge in [0.1, 0.15) is 0 Å². The van der Waals surface area contributed by atoms with Crippen LogP contribution in [-0.4, -0.2) is 17.2 Å². The van der Waals surface area contributed by atoms with Gasteiger partial charge in [-0.3, -0.25) is 4.79 Å². The Morgan fingerprint density at radius 1 is 0.889 bits per heavy atom. The van der Waals surface area contributed by atoms with Gasteiger partial charge >= 0.3 is 5.97 Å². The summed E-state index contributed by atoms with van der Waals surface area (Å²) in [5.41, 5.74) is 0. The largest absolute Gasteiger partial charge is 0.481 e. The van der Waals surface area contributed by atoms with Gasteiger partial charge < -0.3 is 5.11 Å². The van der Waals surface area contributed by atoms with Gasteiger partial charge in [0.15, 0.2) is 0 Å². The van der Waals surface area contributed by atoms with Crippen molar-refractivity contribution in [3.8, 4) is 0 Å². The quantitative estimate of drug-likeness (QED) is 0.678. The molecule has 0 amide bonds. The van der Waals surface area contributed by atoms with E-state index in [1.807, 2.05) is 60.7 Å². The molecule has 0 atom stereocenters. The monoisotopic (exact) mass is 350 g/mol. The molecule has 0 heterocycles. The second kappa shape index (κ2) is 7.44. The fraction of sp³-hybridized carbons (Fsp3) is 0.0714. The Balaban J connectivity index is 0.00000162. The Labute approximate surface area is 121 Å². The first-order valence-corrected chi connectivity index (χ1v) is 6.89. The Morgan fingerprint density at radius 2 is 1.28 bits per heavy atom. The number of aliphatic carboxylic acids is 1. The Bertz CT molecular complexity index is 448. The number of hydrogen-bond donors (Lipinski definition) is 1. The van der Waals surface area contributed by atoms with Crippen molar-refractivity contribution in [3.05, 3.63) is 60.7 Å². The fourth-order valence-corrected chi connectivity index (χ4v) is 3.68. The number of rotatable bonds is 4. The van der Waals surface area contributed by atoms with E-state index < -0.39 is 13.9 Å². The second-order valence-corrected chi connectivity index (χ2v) is 5.86. The summed E-state index contributed by atoms with van der Waals surface area (Å²) in [5, 5.41) is 11.2. The zero-order valence-corrected chi connectivity index (χ0v) is 12.0. The molecule has 0 radical (unpaired) electrons. The summed E-state index contributed by atoms with van der Waals surface area (Å²) < 4.78 is 0. The summed E-state index contributed by atoms with van der Waals surface area (Å²) in [5.74, 6) is -0.746. The first-order valence-electron chi connectivity index (χ1n) is 5.37. The van der Waals surface area contributed by atoms with Crippen molar-refractivity contribution < 1.29 is 30.3 Å². The zero-order valence-electron chi connectivity index (χ0n) is 9.60. The third-order valence-electron chi connectivity index (χ3n) is 2.43. The topological polar surface area (TPSA) is 37.3 Å². The standard InChI is InChI=1S/C14H13O2P.Pd/c15-14(16)11-17(12-7-3-1-4-8-12)13-9-5-2-6-10-13;/h1-10H,11H2,(H,15,16);. The van der Waals surface area contributed by atoms with Crippen molar-refractivity contribution >= 4 is 24.5 Å². The van der Waals surface area contributed by atoms with Crippen LogP contribution in [0.4, 0.5) is 0 Å². The van der Waals surface area contributed by atoms with Crippen molar-refractivity contribution in [2.45, 2.75) is 0 Å². The average Bonchev–Trinajstić information content (AvgIpc) is 2.38. The minimum Gasteiger partial charge on any atom is -0.481 e. The summed E-state index contributed by atoms with van der Waals surface area (Å²) in [7, 11) is -0.790. The molecule has 0 fully saturated rings. The molecule has 0 spiro atoms. The molecule has 2 rings (SSSR count). The van der Waals surface area contributed by atoms with Crippen LogP contribution >= 0.6 is 7.92 Å². The van der Waals surface area contributed by atoms with E-state index in [0.29, 0.717) is 0 Å². The van der Waals surface area contributed by atoms with Crippen LogP contribution in [0.3, 0.4) is 0 Å². The van der Waals surface area contributed by atoms with Crippen LogP contribution in [0.1, 0.15) is 0 Å². The number of carboxylic acids is 1. The van der Waals surface area contributed by atoms with Crippen LogP contribution in [-0.2, 0) is 25.2 Å². The van der Waals surface area contributed by atoms with Crippen molar-refractivity contribution in [1.29, 1.82) is 0 Å². The van der Waals surface area contributed by atoms with Gasteiger partial charge in [-0.2, -0.15) is 0 Å². The van der Waals surface area contributed by atoms with Crippen LogP contribution in [0, 0.1) is 0 Å². The smallest absolute Gasteiger partial charge is 0.308 e. The predicted molar refractivity (Wildman–Crippen MR) is 71.6 cm³/mol. The van der Waals surface area contributed by atoms with Crippen molar-refractivity contribution in [2.75, 3.05) is 6.16 Å². The Morgan fingerprint density at radius 3 is 1.61 bits per heavy atom. The minimum atomic E-state index is -0.790. The number of carbonyl (C=O) groups is 1. The van der Waals surface area contributed by atoms with Crippen LogP contribution in [0.25, 0.3) is 0 Å². The van der Waals surface area contributed by atoms with E-state index in [9.17, 15) is 4.79 Å². The van der Waals surface area contributed by atoms with E-state index in [-0.39, 0.29) is 26.6 Å². The molecule has 1 N–H and O–H groups in total. The second-order valence-electron chi connectivity index (χ2n) is 3.65. The molecule has 0 bridgehead atoms. The molecule has 0 aliphatic heterocycles. The normalized spacial score (nSPS) is 9.83. The maximum absolute atomic E-state index is 11.0. The van der Waals surface area contributed by atoms with Gasteiger partial charge in [0.25, 0.3) is 0 Å². The molecule has 2 nitrogen and oxygen atoms in total. The van der Waals surface area contributed by atoms with Crippen LogP contribution in [0.15, 0.2) is 60.7 Å². The molecule has 0 aromatic heterocycles. The van der Waals surface area contributed by atoms with E-state index in [1.165, 1.54) is 0 Å². The molecule has 0 saturated heterocycles. The minimum absolute atomic E-state index is 0. The predicted octanol–water partition coefficient (Wildman–Crippen LogP) is 2.20. The van der Waals surface area contributed by atoms with E-state index in [2.05, 4.69) is 0 Å². The van der Waals surface area contributed by atoms with Gasteiger partial charge in [0.05, 0.1) is 6.16 Å². The summed E-state index contributed by atoms with van der Waals surface area (Å²) in [4.78, 5) is 11.0. The molecular formula is C14H13O2PPd. The molecule has 0 aliphatic rings. The molecule has 2 aromatic carbocycles. The first-order chi connectivity index (χ1) is 8.27. The molecule has 2 aromatic rings. The van der Waals surface area contributed by atoms with Crippen LogP contribution in [0.2, 0.25) is 0 Å². The van der Waals surface area contributed by atoms with Gasteiger partial charge in [0, 0.05) is 20.4 Å². The van der Waals surface area contributed by atoms with Crippen molar-refractivity contribution in [3.63, 3.8) is 0 Å². The first kappa shape index (κ1) is 15.1. The SMILES string of the molecule is O=C(O)CP(c1ccccc1)c1ccccc1.[Pd]. The summed E-state index contributed by atoms with van der Waals surface area (Å²) in [6, 6.07) is 19.7. The van der Waals surface area contributed by atoms with Gasteiger partial charge in [-0.15, -0.1) is 0 Å². The molecular weight excluding hydrogens is 338 g/mol. The Hall–Kier alpha value is -0.998. The average molecular weight is 351 g/mol. The van der Waals surface area contributed by atoms with E-state index in [1.54, 1.807) is 0 Å². The summed E-state index contributed by atoms with van der Waals surface area (Å²) in [6.45, 7) is 0. The zero-order chi connectivity index (χ0) is 12.1. The molecule has 0 unspecified atom stereocenters. The van der Waals surface area contributed by atoms with E-state index in [4.69, 9.17) is 5.11 Å². The van der Waals surface area contributed by atoms with Crippen molar-refractivity contribution in [2.24, 2.45) is 0 Å². The third kappa shape index (κ3) is 4.03. The molecule has 18 heavy (non-hydrogen) atoms. The van der Waals surface area contributed by atoms with Crippen LogP contribution in [0.5, 0.6) is 0 Å². The number of carboxylic acid groups (broad SMARTS) is 1.